The van der Waals surface area contributed by atoms with Gasteiger partial charge in [-0.15, -0.1) is 0 Å². The van der Waals surface area contributed by atoms with Gasteiger partial charge in [0, 0.05) is 13.0 Å². The number of ether oxygens (including phenoxy) is 3. The molecule has 0 saturated carbocycles. The third kappa shape index (κ3) is 11.1. The number of piperidine rings is 1. The Morgan fingerprint density at radius 1 is 0.717 bits per heavy atom. The summed E-state index contributed by atoms with van der Waals surface area (Å²) in [7, 11) is 0. The number of hydrogen-bond donors (Lipinski definition) is 2. The van der Waals surface area contributed by atoms with E-state index in [1.54, 1.807) is 12.1 Å². The molecule has 0 aliphatic carbocycles. The highest BCUT2D eigenvalue weighted by atomic mass is 16.5. The van der Waals surface area contributed by atoms with Crippen LogP contribution in [0.2, 0.25) is 0 Å². The van der Waals surface area contributed by atoms with Crippen molar-refractivity contribution in [2.24, 2.45) is 0 Å². The molecule has 11 nitrogen and oxygen atoms in total. The zero-order chi connectivity index (χ0) is 32.6. The van der Waals surface area contributed by atoms with Crippen molar-refractivity contribution >= 4 is 29.8 Å². The van der Waals surface area contributed by atoms with Crippen molar-refractivity contribution < 1.29 is 38.2 Å². The first-order valence-corrected chi connectivity index (χ1v) is 15.3. The van der Waals surface area contributed by atoms with Gasteiger partial charge in [-0.2, -0.15) is 0 Å². The van der Waals surface area contributed by atoms with Gasteiger partial charge in [-0.05, 0) is 42.4 Å². The van der Waals surface area contributed by atoms with Crippen molar-refractivity contribution in [1.29, 1.82) is 0 Å². The van der Waals surface area contributed by atoms with E-state index in [1.807, 2.05) is 78.9 Å². The van der Waals surface area contributed by atoms with Crippen LogP contribution in [0.3, 0.4) is 0 Å². The lowest BCUT2D eigenvalue weighted by Crippen LogP contribution is -2.56. The van der Waals surface area contributed by atoms with Crippen LogP contribution in [0.5, 0.6) is 0 Å². The minimum absolute atomic E-state index is 0.00935. The molecule has 11 heteroatoms. The number of benzene rings is 3. The second-order valence-electron chi connectivity index (χ2n) is 10.9. The van der Waals surface area contributed by atoms with Crippen LogP contribution in [-0.4, -0.2) is 59.9 Å². The van der Waals surface area contributed by atoms with Gasteiger partial charge in [0.05, 0.1) is 0 Å². The Morgan fingerprint density at radius 3 is 1.85 bits per heavy atom. The Hall–Kier alpha value is -5.19. The molecule has 1 aliphatic rings. The summed E-state index contributed by atoms with van der Waals surface area (Å²) in [4.78, 5) is 65.9. The summed E-state index contributed by atoms with van der Waals surface area (Å²) in [5.74, 6) is -2.23. The molecule has 4 rings (SSSR count). The first kappa shape index (κ1) is 33.7. The summed E-state index contributed by atoms with van der Waals surface area (Å²) in [6.45, 7) is 0.0870. The molecule has 0 aromatic heterocycles. The molecular formula is C35H39N3O8. The molecule has 3 aromatic rings. The Kier molecular flexibility index (Phi) is 13.1. The fraction of sp³-hybridized carbons (Fsp3) is 0.343. The predicted molar refractivity (Wildman–Crippen MR) is 168 cm³/mol. The van der Waals surface area contributed by atoms with Gasteiger partial charge < -0.3 is 29.7 Å². The number of hydrogen-bond acceptors (Lipinski definition) is 8. The first-order chi connectivity index (χ1) is 22.4. The Bertz CT molecular complexity index is 1440. The number of alkyl carbamates (subject to hydrolysis) is 1. The van der Waals surface area contributed by atoms with Gasteiger partial charge in [-0.25, -0.2) is 9.59 Å². The van der Waals surface area contributed by atoms with Crippen LogP contribution in [0.4, 0.5) is 4.79 Å². The molecule has 1 fully saturated rings. The minimum Gasteiger partial charge on any atom is -0.461 e. The molecule has 2 N–H and O–H groups in total. The lowest BCUT2D eigenvalue weighted by Gasteiger charge is -2.35. The molecule has 1 aliphatic heterocycles. The maximum Gasteiger partial charge on any atom is 0.407 e. The average Bonchev–Trinajstić information content (AvgIpc) is 3.10. The third-order valence-electron chi connectivity index (χ3n) is 7.43. The SMILES string of the molecule is O=C(CC[C@H](NC(=O)C1CCCCN1C(=O)CNC(=O)OCc1ccccc1)C(=O)OCc1ccccc1)OCc1ccccc1. The molecule has 242 valence electrons. The zero-order valence-electron chi connectivity index (χ0n) is 25.6. The molecule has 0 radical (unpaired) electrons. The van der Waals surface area contributed by atoms with Crippen LogP contribution < -0.4 is 10.6 Å². The average molecular weight is 630 g/mol. The van der Waals surface area contributed by atoms with E-state index in [2.05, 4.69) is 10.6 Å². The molecular weight excluding hydrogens is 590 g/mol. The highest BCUT2D eigenvalue weighted by Gasteiger charge is 2.35. The molecule has 2 atom stereocenters. The number of amides is 3. The van der Waals surface area contributed by atoms with Gasteiger partial charge in [-0.1, -0.05) is 91.0 Å². The Balaban J connectivity index is 1.33. The van der Waals surface area contributed by atoms with Crippen molar-refractivity contribution in [3.63, 3.8) is 0 Å². The number of rotatable bonds is 14. The van der Waals surface area contributed by atoms with Gasteiger partial charge in [0.2, 0.25) is 11.8 Å². The highest BCUT2D eigenvalue weighted by molar-refractivity contribution is 5.92. The largest absolute Gasteiger partial charge is 0.461 e. The van der Waals surface area contributed by atoms with Crippen molar-refractivity contribution in [2.75, 3.05) is 13.1 Å². The lowest BCUT2D eigenvalue weighted by atomic mass is 10.0. The molecule has 1 unspecified atom stereocenters. The van der Waals surface area contributed by atoms with Gasteiger partial charge in [0.25, 0.3) is 0 Å². The Labute approximate surface area is 268 Å². The number of likely N-dealkylation sites (tertiary alicyclic amines) is 1. The summed E-state index contributed by atoms with van der Waals surface area (Å²) in [5, 5.41) is 5.16. The van der Waals surface area contributed by atoms with E-state index in [9.17, 15) is 24.0 Å². The van der Waals surface area contributed by atoms with Crippen molar-refractivity contribution in [2.45, 2.75) is 64.0 Å². The van der Waals surface area contributed by atoms with Gasteiger partial charge in [0.15, 0.2) is 0 Å². The van der Waals surface area contributed by atoms with Crippen LogP contribution in [-0.2, 0) is 53.2 Å². The van der Waals surface area contributed by atoms with Crippen molar-refractivity contribution in [3.8, 4) is 0 Å². The number of nitrogens with zero attached hydrogens (tertiary/aromatic N) is 1. The van der Waals surface area contributed by atoms with Crippen molar-refractivity contribution in [3.05, 3.63) is 108 Å². The fourth-order valence-electron chi connectivity index (χ4n) is 4.94. The third-order valence-corrected chi connectivity index (χ3v) is 7.43. The number of carbonyl (C=O) groups is 5. The highest BCUT2D eigenvalue weighted by Crippen LogP contribution is 2.18. The summed E-state index contributed by atoms with van der Waals surface area (Å²) in [6.07, 6.45) is 0.812. The van der Waals surface area contributed by atoms with E-state index in [0.29, 0.717) is 25.8 Å². The van der Waals surface area contributed by atoms with Gasteiger partial charge in [0.1, 0.15) is 38.4 Å². The van der Waals surface area contributed by atoms with Gasteiger partial charge >= 0.3 is 18.0 Å². The van der Waals surface area contributed by atoms with Gasteiger partial charge in [-0.3, -0.25) is 14.4 Å². The topological polar surface area (TPSA) is 140 Å². The summed E-state index contributed by atoms with van der Waals surface area (Å²) < 4.78 is 16.0. The van der Waals surface area contributed by atoms with Crippen LogP contribution in [0.1, 0.15) is 48.8 Å². The molecule has 1 heterocycles. The standard InChI is InChI=1S/C35H39N3O8/c39-31(22-36-35(43)46-25-28-16-8-3-9-17-28)38-21-11-10-18-30(38)33(41)37-29(34(42)45-24-27-14-6-2-7-15-27)19-20-32(40)44-23-26-12-4-1-5-13-26/h1-9,12-17,29-30H,10-11,18-25H2,(H,36,43)(H,37,41)/t29-,30?/m0/s1. The fourth-order valence-corrected chi connectivity index (χ4v) is 4.94. The van der Waals surface area contributed by atoms with Crippen LogP contribution in [0, 0.1) is 0 Å². The summed E-state index contributed by atoms with van der Waals surface area (Å²) >= 11 is 0. The van der Waals surface area contributed by atoms with E-state index in [-0.39, 0.29) is 39.2 Å². The molecule has 3 amide bonds. The summed E-state index contributed by atoms with van der Waals surface area (Å²) in [5.41, 5.74) is 2.39. The van der Waals surface area contributed by atoms with E-state index in [4.69, 9.17) is 14.2 Å². The quantitative estimate of drug-likeness (QED) is 0.201. The number of esters is 2. The normalized spacial score (nSPS) is 14.8. The maximum absolute atomic E-state index is 13.5. The maximum atomic E-state index is 13.5. The molecule has 0 spiro atoms. The van der Waals surface area contributed by atoms with E-state index in [0.717, 1.165) is 16.7 Å². The molecule has 0 bridgehead atoms. The molecule has 46 heavy (non-hydrogen) atoms. The second-order valence-corrected chi connectivity index (χ2v) is 10.9. The monoisotopic (exact) mass is 629 g/mol. The predicted octanol–water partition coefficient (Wildman–Crippen LogP) is 4.05. The number of nitrogens with one attached hydrogen (secondary N) is 2. The molecule has 1 saturated heterocycles. The van der Waals surface area contributed by atoms with E-state index < -0.39 is 41.9 Å². The smallest absolute Gasteiger partial charge is 0.407 e. The van der Waals surface area contributed by atoms with E-state index in [1.165, 1.54) is 4.90 Å². The van der Waals surface area contributed by atoms with Crippen LogP contribution in [0.25, 0.3) is 0 Å². The van der Waals surface area contributed by atoms with Crippen LogP contribution in [0.15, 0.2) is 91.0 Å². The van der Waals surface area contributed by atoms with Crippen LogP contribution >= 0.6 is 0 Å². The molecule has 3 aromatic carbocycles. The summed E-state index contributed by atoms with van der Waals surface area (Å²) in [6, 6.07) is 25.4. The second kappa shape index (κ2) is 17.9. The first-order valence-electron chi connectivity index (χ1n) is 15.3. The van der Waals surface area contributed by atoms with E-state index >= 15 is 0 Å². The zero-order valence-corrected chi connectivity index (χ0v) is 25.6. The minimum atomic E-state index is -1.15. The number of carbonyl (C=O) groups excluding carboxylic acids is 5. The lowest BCUT2D eigenvalue weighted by molar-refractivity contribution is -0.151. The van der Waals surface area contributed by atoms with Crippen molar-refractivity contribution in [1.82, 2.24) is 15.5 Å². The Morgan fingerprint density at radius 2 is 1.26 bits per heavy atom.